The molecule has 0 spiro atoms. The van der Waals surface area contributed by atoms with Crippen molar-refractivity contribution >= 4 is 27.4 Å². The second-order valence-electron chi connectivity index (χ2n) is 5.54. The van der Waals surface area contributed by atoms with Gasteiger partial charge in [0, 0.05) is 13.1 Å². The Morgan fingerprint density at radius 1 is 1.45 bits per heavy atom. The Labute approximate surface area is 124 Å². The van der Waals surface area contributed by atoms with Gasteiger partial charge in [-0.1, -0.05) is 0 Å². The zero-order chi connectivity index (χ0) is 13.9. The molecule has 1 N–H and O–H groups in total. The van der Waals surface area contributed by atoms with Crippen LogP contribution >= 0.6 is 11.3 Å². The Kier molecular flexibility index (Phi) is 4.17. The van der Waals surface area contributed by atoms with Crippen LogP contribution < -0.4 is 10.2 Å². The molecule has 5 heteroatoms. The molecule has 4 nitrogen and oxygen atoms in total. The summed E-state index contributed by atoms with van der Waals surface area (Å²) in [6.07, 6.45) is 4.32. The summed E-state index contributed by atoms with van der Waals surface area (Å²) < 4.78 is 1.23. The number of aryl methyl sites for hydroxylation is 1. The van der Waals surface area contributed by atoms with E-state index in [0.29, 0.717) is 0 Å². The van der Waals surface area contributed by atoms with Crippen molar-refractivity contribution in [1.82, 2.24) is 15.3 Å². The van der Waals surface area contributed by atoms with Crippen LogP contribution in [0.25, 0.3) is 10.2 Å². The van der Waals surface area contributed by atoms with Gasteiger partial charge in [-0.15, -0.1) is 11.3 Å². The number of aromatic nitrogens is 2. The number of hydrogen-bond acceptors (Lipinski definition) is 5. The highest BCUT2D eigenvalue weighted by Crippen LogP contribution is 2.31. The Bertz CT molecular complexity index is 574. The fourth-order valence-corrected chi connectivity index (χ4v) is 3.96. The van der Waals surface area contributed by atoms with E-state index in [1.807, 2.05) is 0 Å². The summed E-state index contributed by atoms with van der Waals surface area (Å²) in [5.41, 5.74) is 2.37. The van der Waals surface area contributed by atoms with Crippen LogP contribution in [0.3, 0.4) is 0 Å². The predicted octanol–water partition coefficient (Wildman–Crippen LogP) is 2.83. The number of piperidine rings is 1. The van der Waals surface area contributed by atoms with Crippen molar-refractivity contribution < 1.29 is 0 Å². The molecule has 1 unspecified atom stereocenters. The molecule has 0 radical (unpaired) electrons. The highest BCUT2D eigenvalue weighted by molar-refractivity contribution is 7.18. The third kappa shape index (κ3) is 2.65. The van der Waals surface area contributed by atoms with Crippen LogP contribution in [-0.2, 0) is 0 Å². The van der Waals surface area contributed by atoms with Gasteiger partial charge >= 0.3 is 0 Å². The number of hydrogen-bond donors (Lipinski definition) is 1. The maximum absolute atomic E-state index is 4.56. The van der Waals surface area contributed by atoms with Gasteiger partial charge in [-0.2, -0.15) is 0 Å². The molecular weight excluding hydrogens is 268 g/mol. The largest absolute Gasteiger partial charge is 0.355 e. The summed E-state index contributed by atoms with van der Waals surface area (Å²) in [6, 6.07) is 0. The molecule has 0 aromatic carbocycles. The minimum atomic E-state index is 0.731. The molecule has 3 rings (SSSR count). The highest BCUT2D eigenvalue weighted by Gasteiger charge is 2.19. The summed E-state index contributed by atoms with van der Waals surface area (Å²) >= 11 is 1.76. The third-order valence-electron chi connectivity index (χ3n) is 4.07. The molecule has 3 heterocycles. The van der Waals surface area contributed by atoms with Crippen molar-refractivity contribution in [3.05, 3.63) is 17.3 Å². The number of nitrogens with one attached hydrogen (secondary N) is 1. The van der Waals surface area contributed by atoms with E-state index in [1.54, 1.807) is 17.7 Å². The minimum absolute atomic E-state index is 0.731. The molecule has 2 aromatic rings. The first kappa shape index (κ1) is 13.8. The van der Waals surface area contributed by atoms with E-state index >= 15 is 0 Å². The van der Waals surface area contributed by atoms with E-state index in [4.69, 9.17) is 0 Å². The van der Waals surface area contributed by atoms with Crippen LogP contribution in [0.2, 0.25) is 0 Å². The fraction of sp³-hybridized carbons (Fsp3) is 0.600. The van der Waals surface area contributed by atoms with Gasteiger partial charge in [-0.25, -0.2) is 9.97 Å². The van der Waals surface area contributed by atoms with Crippen molar-refractivity contribution in [2.24, 2.45) is 5.92 Å². The lowest BCUT2D eigenvalue weighted by molar-refractivity contribution is 0.377. The van der Waals surface area contributed by atoms with E-state index in [2.05, 4.69) is 39.4 Å². The van der Waals surface area contributed by atoms with Crippen LogP contribution in [0.4, 0.5) is 5.82 Å². The van der Waals surface area contributed by atoms with Crippen LogP contribution in [0.5, 0.6) is 0 Å². The van der Waals surface area contributed by atoms with Crippen molar-refractivity contribution in [3.8, 4) is 0 Å². The first-order valence-corrected chi connectivity index (χ1v) is 8.32. The maximum Gasteiger partial charge on any atom is 0.150 e. The molecule has 1 atom stereocenters. The van der Waals surface area contributed by atoms with Crippen LogP contribution in [0.15, 0.2) is 11.7 Å². The van der Waals surface area contributed by atoms with Crippen molar-refractivity contribution in [1.29, 1.82) is 0 Å². The molecule has 1 saturated heterocycles. The van der Waals surface area contributed by atoms with Gasteiger partial charge in [0.25, 0.3) is 0 Å². The predicted molar refractivity (Wildman–Crippen MR) is 85.6 cm³/mol. The van der Waals surface area contributed by atoms with E-state index in [0.717, 1.165) is 36.9 Å². The summed E-state index contributed by atoms with van der Waals surface area (Å²) in [7, 11) is 0. The zero-order valence-corrected chi connectivity index (χ0v) is 13.0. The number of nitrogens with zero attached hydrogens (tertiary/aromatic N) is 3. The molecule has 1 aliphatic rings. The first-order chi connectivity index (χ1) is 9.79. The first-order valence-electron chi connectivity index (χ1n) is 7.44. The zero-order valence-electron chi connectivity index (χ0n) is 12.2. The molecule has 1 aliphatic heterocycles. The molecule has 0 aliphatic carbocycles. The van der Waals surface area contributed by atoms with Crippen LogP contribution in [0.1, 0.15) is 25.3 Å². The lowest BCUT2D eigenvalue weighted by atomic mass is 9.99. The lowest BCUT2D eigenvalue weighted by Gasteiger charge is -2.30. The summed E-state index contributed by atoms with van der Waals surface area (Å²) in [5.74, 6) is 1.84. The van der Waals surface area contributed by atoms with Gasteiger partial charge in [-0.05, 0) is 56.6 Å². The molecule has 108 valence electrons. The van der Waals surface area contributed by atoms with E-state index < -0.39 is 0 Å². The van der Waals surface area contributed by atoms with Gasteiger partial charge in [0.1, 0.15) is 12.1 Å². The van der Waals surface area contributed by atoms with Gasteiger partial charge in [0.2, 0.25) is 0 Å². The second-order valence-corrected chi connectivity index (χ2v) is 6.42. The lowest BCUT2D eigenvalue weighted by Crippen LogP contribution is -2.38. The number of rotatable bonds is 4. The van der Waals surface area contributed by atoms with Crippen molar-refractivity contribution in [3.63, 3.8) is 0 Å². The monoisotopic (exact) mass is 290 g/mol. The minimum Gasteiger partial charge on any atom is -0.355 e. The Morgan fingerprint density at radius 2 is 2.35 bits per heavy atom. The van der Waals surface area contributed by atoms with Gasteiger partial charge in [0.15, 0.2) is 0 Å². The SMILES string of the molecule is CCN(CC1CCCNC1)c1ncnc2c(C)csc12. The summed E-state index contributed by atoms with van der Waals surface area (Å²) in [5, 5.41) is 5.68. The van der Waals surface area contributed by atoms with E-state index in [1.165, 1.54) is 29.6 Å². The Hall–Kier alpha value is -1.20. The van der Waals surface area contributed by atoms with E-state index in [9.17, 15) is 0 Å². The van der Waals surface area contributed by atoms with Crippen molar-refractivity contribution in [2.45, 2.75) is 26.7 Å². The van der Waals surface area contributed by atoms with Gasteiger partial charge < -0.3 is 10.2 Å². The van der Waals surface area contributed by atoms with Gasteiger partial charge in [0.05, 0.1) is 10.2 Å². The molecule has 20 heavy (non-hydrogen) atoms. The average molecular weight is 290 g/mol. The molecule has 2 aromatic heterocycles. The standard InChI is InChI=1S/C15H22N4S/c1-3-19(8-12-5-4-6-16-7-12)15-14-13(17-10-18-15)11(2)9-20-14/h9-10,12,16H,3-8H2,1-2H3. The van der Waals surface area contributed by atoms with Crippen LogP contribution in [0, 0.1) is 12.8 Å². The molecule has 0 saturated carbocycles. The van der Waals surface area contributed by atoms with Crippen LogP contribution in [-0.4, -0.2) is 36.1 Å². The topological polar surface area (TPSA) is 41.0 Å². The van der Waals surface area contributed by atoms with E-state index in [-0.39, 0.29) is 0 Å². The summed E-state index contributed by atoms with van der Waals surface area (Å²) in [4.78, 5) is 11.4. The number of thiophene rings is 1. The van der Waals surface area contributed by atoms with Gasteiger partial charge in [-0.3, -0.25) is 0 Å². The summed E-state index contributed by atoms with van der Waals surface area (Å²) in [6.45, 7) is 8.73. The quantitative estimate of drug-likeness (QED) is 0.940. The molecular formula is C15H22N4S. The third-order valence-corrected chi connectivity index (χ3v) is 5.15. The van der Waals surface area contributed by atoms with Crippen molar-refractivity contribution in [2.75, 3.05) is 31.1 Å². The average Bonchev–Trinajstić information content (AvgIpc) is 2.88. The smallest absolute Gasteiger partial charge is 0.150 e. The highest BCUT2D eigenvalue weighted by atomic mass is 32.1. The molecule has 1 fully saturated rings. The number of anilines is 1. The Morgan fingerprint density at radius 3 is 3.10 bits per heavy atom. The second kappa shape index (κ2) is 6.06. The normalized spacial score (nSPS) is 19.4. The number of fused-ring (bicyclic) bond motifs is 1. The molecule has 0 amide bonds. The Balaban J connectivity index is 1.86. The maximum atomic E-state index is 4.56. The molecule has 0 bridgehead atoms. The fourth-order valence-electron chi connectivity index (χ4n) is 2.94.